The van der Waals surface area contributed by atoms with Crippen LogP contribution in [-0.4, -0.2) is 22.8 Å². The first-order valence-corrected chi connectivity index (χ1v) is 6.40. The van der Waals surface area contributed by atoms with Gasteiger partial charge < -0.3 is 10.3 Å². The number of hydrogen-bond acceptors (Lipinski definition) is 4. The summed E-state index contributed by atoms with van der Waals surface area (Å²) in [7, 11) is 1.73. The predicted octanol–water partition coefficient (Wildman–Crippen LogP) is 2.29. The normalized spacial score (nSPS) is 10.2. The van der Waals surface area contributed by atoms with Gasteiger partial charge in [-0.2, -0.15) is 0 Å². The van der Waals surface area contributed by atoms with E-state index in [0.717, 1.165) is 5.56 Å². The average molecular weight is 291 g/mol. The first-order chi connectivity index (χ1) is 9.60. The van der Waals surface area contributed by atoms with E-state index in [-0.39, 0.29) is 5.91 Å². The molecule has 0 aliphatic rings. The number of rotatable bonds is 4. The van der Waals surface area contributed by atoms with E-state index in [4.69, 9.17) is 17.4 Å². The predicted molar refractivity (Wildman–Crippen MR) is 79.3 cm³/mol. The van der Waals surface area contributed by atoms with Gasteiger partial charge in [-0.3, -0.25) is 10.6 Å². The van der Waals surface area contributed by atoms with Crippen LogP contribution in [-0.2, 0) is 6.54 Å². The summed E-state index contributed by atoms with van der Waals surface area (Å²) in [5.74, 6) is 5.10. The number of nitrogens with two attached hydrogens (primary N) is 1. The number of nitrogens with one attached hydrogen (secondary N) is 1. The summed E-state index contributed by atoms with van der Waals surface area (Å²) in [5.41, 5.74) is 4.50. The number of hydrogen-bond donors (Lipinski definition) is 2. The Morgan fingerprint density at radius 1 is 1.30 bits per heavy atom. The highest BCUT2D eigenvalue weighted by Crippen LogP contribution is 2.12. The number of anilines is 1. The molecule has 0 saturated heterocycles. The Balaban J connectivity index is 2.05. The van der Waals surface area contributed by atoms with Crippen molar-refractivity contribution in [2.45, 2.75) is 6.54 Å². The Bertz CT molecular complexity index is 583. The molecule has 0 saturated carbocycles. The molecule has 104 valence electrons. The number of carbonyl (C=O) groups is 1. The fourth-order valence-electron chi connectivity index (χ4n) is 1.74. The van der Waals surface area contributed by atoms with E-state index in [9.17, 15) is 4.79 Å². The van der Waals surface area contributed by atoms with Crippen LogP contribution >= 0.6 is 11.6 Å². The van der Waals surface area contributed by atoms with Crippen molar-refractivity contribution in [3.05, 3.63) is 58.9 Å². The molecule has 0 bridgehead atoms. The Morgan fingerprint density at radius 2 is 2.00 bits per heavy atom. The maximum atomic E-state index is 12.2. The van der Waals surface area contributed by atoms with Crippen LogP contribution in [0.3, 0.4) is 0 Å². The van der Waals surface area contributed by atoms with Crippen molar-refractivity contribution in [2.24, 2.45) is 5.84 Å². The number of pyridine rings is 1. The fourth-order valence-corrected chi connectivity index (χ4v) is 1.86. The molecule has 0 atom stereocenters. The largest absolute Gasteiger partial charge is 0.336 e. The number of benzene rings is 1. The Morgan fingerprint density at radius 3 is 2.55 bits per heavy atom. The van der Waals surface area contributed by atoms with Crippen molar-refractivity contribution in [1.29, 1.82) is 0 Å². The molecule has 0 aliphatic heterocycles. The first kappa shape index (κ1) is 14.3. The van der Waals surface area contributed by atoms with Gasteiger partial charge in [-0.15, -0.1) is 0 Å². The summed E-state index contributed by atoms with van der Waals surface area (Å²) in [5, 5.41) is 0.675. The fraction of sp³-hybridized carbons (Fsp3) is 0.143. The van der Waals surface area contributed by atoms with Gasteiger partial charge in [0.25, 0.3) is 5.91 Å². The van der Waals surface area contributed by atoms with Gasteiger partial charge in [-0.1, -0.05) is 23.7 Å². The number of aromatic nitrogens is 1. The van der Waals surface area contributed by atoms with Crippen LogP contribution in [0.5, 0.6) is 0 Å². The molecule has 6 heteroatoms. The number of nitrogens with zero attached hydrogens (tertiary/aromatic N) is 2. The molecule has 0 fully saturated rings. The van der Waals surface area contributed by atoms with Crippen molar-refractivity contribution < 1.29 is 4.79 Å². The third-order valence-electron chi connectivity index (χ3n) is 2.83. The van der Waals surface area contributed by atoms with E-state index < -0.39 is 0 Å². The highest BCUT2D eigenvalue weighted by molar-refractivity contribution is 6.30. The van der Waals surface area contributed by atoms with Gasteiger partial charge in [0.05, 0.1) is 11.9 Å². The van der Waals surface area contributed by atoms with Gasteiger partial charge in [0.2, 0.25) is 0 Å². The minimum atomic E-state index is -0.150. The molecule has 20 heavy (non-hydrogen) atoms. The van der Waals surface area contributed by atoms with E-state index in [1.807, 2.05) is 12.1 Å². The molecule has 0 radical (unpaired) electrons. The van der Waals surface area contributed by atoms with Crippen LogP contribution in [0.1, 0.15) is 16.1 Å². The maximum absolute atomic E-state index is 12.2. The van der Waals surface area contributed by atoms with E-state index in [0.29, 0.717) is 22.9 Å². The maximum Gasteiger partial charge on any atom is 0.272 e. The van der Waals surface area contributed by atoms with Crippen molar-refractivity contribution in [2.75, 3.05) is 12.5 Å². The molecule has 3 N–H and O–H groups in total. The number of carbonyl (C=O) groups excluding carboxylic acids is 1. The second kappa shape index (κ2) is 6.36. The van der Waals surface area contributed by atoms with Gasteiger partial charge in [0.1, 0.15) is 5.69 Å². The van der Waals surface area contributed by atoms with Gasteiger partial charge in [-0.25, -0.2) is 4.98 Å². The van der Waals surface area contributed by atoms with Gasteiger partial charge >= 0.3 is 0 Å². The van der Waals surface area contributed by atoms with Gasteiger partial charge in [-0.05, 0) is 29.8 Å². The summed E-state index contributed by atoms with van der Waals surface area (Å²) in [4.78, 5) is 17.9. The van der Waals surface area contributed by atoms with E-state index >= 15 is 0 Å². The molecule has 1 heterocycles. The number of hydrazine groups is 1. The van der Waals surface area contributed by atoms with Crippen LogP contribution in [0.25, 0.3) is 0 Å². The lowest BCUT2D eigenvalue weighted by atomic mass is 10.2. The van der Waals surface area contributed by atoms with Gasteiger partial charge in [0, 0.05) is 18.6 Å². The summed E-state index contributed by atoms with van der Waals surface area (Å²) in [6, 6.07) is 10.7. The SMILES string of the molecule is CN(Cc1ccc(Cl)cc1)C(=O)c1ccc(NN)cn1. The molecular weight excluding hydrogens is 276 g/mol. The first-order valence-electron chi connectivity index (χ1n) is 6.02. The minimum Gasteiger partial charge on any atom is -0.336 e. The second-order valence-electron chi connectivity index (χ2n) is 4.36. The lowest BCUT2D eigenvalue weighted by molar-refractivity contribution is 0.0779. The van der Waals surface area contributed by atoms with Crippen molar-refractivity contribution in [3.8, 4) is 0 Å². The van der Waals surface area contributed by atoms with E-state index in [1.54, 1.807) is 36.2 Å². The molecule has 0 aliphatic carbocycles. The van der Waals surface area contributed by atoms with Crippen molar-refractivity contribution >= 4 is 23.2 Å². The molecule has 1 aromatic heterocycles. The van der Waals surface area contributed by atoms with E-state index in [2.05, 4.69) is 10.4 Å². The summed E-state index contributed by atoms with van der Waals surface area (Å²) < 4.78 is 0. The van der Waals surface area contributed by atoms with Crippen molar-refractivity contribution in [1.82, 2.24) is 9.88 Å². The van der Waals surface area contributed by atoms with Crippen LogP contribution in [0.4, 0.5) is 5.69 Å². The number of halogens is 1. The smallest absolute Gasteiger partial charge is 0.272 e. The Labute approximate surface area is 122 Å². The average Bonchev–Trinajstić information content (AvgIpc) is 2.49. The quantitative estimate of drug-likeness (QED) is 0.669. The molecule has 2 aromatic rings. The van der Waals surface area contributed by atoms with Crippen LogP contribution in [0.2, 0.25) is 5.02 Å². The highest BCUT2D eigenvalue weighted by Gasteiger charge is 2.13. The van der Waals surface area contributed by atoms with E-state index in [1.165, 1.54) is 6.20 Å². The summed E-state index contributed by atoms with van der Waals surface area (Å²) >= 11 is 5.83. The summed E-state index contributed by atoms with van der Waals surface area (Å²) in [6.07, 6.45) is 1.52. The third kappa shape index (κ3) is 3.46. The Kier molecular flexibility index (Phi) is 4.55. The highest BCUT2D eigenvalue weighted by atomic mass is 35.5. The monoisotopic (exact) mass is 290 g/mol. The van der Waals surface area contributed by atoms with Crippen LogP contribution < -0.4 is 11.3 Å². The second-order valence-corrected chi connectivity index (χ2v) is 4.80. The van der Waals surface area contributed by atoms with Crippen LogP contribution in [0, 0.1) is 0 Å². The molecule has 0 unspecified atom stereocenters. The molecule has 1 aromatic carbocycles. The zero-order valence-electron chi connectivity index (χ0n) is 11.0. The van der Waals surface area contributed by atoms with Crippen molar-refractivity contribution in [3.63, 3.8) is 0 Å². The summed E-state index contributed by atoms with van der Waals surface area (Å²) in [6.45, 7) is 0.495. The molecule has 5 nitrogen and oxygen atoms in total. The molecule has 1 amide bonds. The minimum absolute atomic E-state index is 0.150. The van der Waals surface area contributed by atoms with Gasteiger partial charge in [0.15, 0.2) is 0 Å². The van der Waals surface area contributed by atoms with Crippen LogP contribution in [0.15, 0.2) is 42.6 Å². The zero-order valence-corrected chi connectivity index (χ0v) is 11.8. The standard InChI is InChI=1S/C14H15ClN4O/c1-19(9-10-2-4-11(15)5-3-10)14(20)13-7-6-12(18-16)8-17-13/h2-8,18H,9,16H2,1H3. The number of nitrogen functional groups attached to an aromatic ring is 1. The lowest BCUT2D eigenvalue weighted by Gasteiger charge is -2.17. The molecular formula is C14H15ClN4O. The zero-order chi connectivity index (χ0) is 14.5. The Hall–Kier alpha value is -2.11. The lowest BCUT2D eigenvalue weighted by Crippen LogP contribution is -2.27. The topological polar surface area (TPSA) is 71.2 Å². The molecule has 0 spiro atoms. The third-order valence-corrected chi connectivity index (χ3v) is 3.08. The molecule has 2 rings (SSSR count). The number of amides is 1.